The fourth-order valence-corrected chi connectivity index (χ4v) is 1.86. The SMILES string of the molecule is CC(C)[C@H](NC(=O)c1cn(C)cn1)c1ncnn1C. The quantitative estimate of drug-likeness (QED) is 0.878. The normalized spacial score (nSPS) is 12.7. The molecule has 2 aromatic heterocycles. The van der Waals surface area contributed by atoms with E-state index < -0.39 is 0 Å². The van der Waals surface area contributed by atoms with Crippen LogP contribution in [0.2, 0.25) is 0 Å². The van der Waals surface area contributed by atoms with Crippen LogP contribution in [-0.2, 0) is 14.1 Å². The summed E-state index contributed by atoms with van der Waals surface area (Å²) in [5.41, 5.74) is 0.398. The molecule has 0 aliphatic rings. The minimum absolute atomic E-state index is 0.193. The minimum Gasteiger partial charge on any atom is -0.340 e. The first kappa shape index (κ1) is 13.3. The Kier molecular flexibility index (Phi) is 3.64. The number of carbonyl (C=O) groups is 1. The molecule has 7 nitrogen and oxygen atoms in total. The van der Waals surface area contributed by atoms with Crippen molar-refractivity contribution in [3.63, 3.8) is 0 Å². The zero-order chi connectivity index (χ0) is 14.0. The van der Waals surface area contributed by atoms with E-state index >= 15 is 0 Å². The second-order valence-corrected chi connectivity index (χ2v) is 4.86. The van der Waals surface area contributed by atoms with Gasteiger partial charge in [-0.15, -0.1) is 0 Å². The molecule has 0 saturated carbocycles. The van der Waals surface area contributed by atoms with E-state index in [2.05, 4.69) is 20.4 Å². The molecule has 19 heavy (non-hydrogen) atoms. The standard InChI is InChI=1S/C12H18N6O/c1-8(2)10(11-13-6-15-18(11)4)16-12(19)9-5-17(3)7-14-9/h5-8,10H,1-4H3,(H,16,19)/t10-/m0/s1. The maximum Gasteiger partial charge on any atom is 0.272 e. The van der Waals surface area contributed by atoms with Crippen molar-refractivity contribution in [2.75, 3.05) is 0 Å². The monoisotopic (exact) mass is 262 g/mol. The van der Waals surface area contributed by atoms with Crippen LogP contribution in [0.15, 0.2) is 18.9 Å². The summed E-state index contributed by atoms with van der Waals surface area (Å²) in [6, 6.07) is -0.193. The van der Waals surface area contributed by atoms with Crippen molar-refractivity contribution in [1.29, 1.82) is 0 Å². The Balaban J connectivity index is 2.18. The molecule has 7 heteroatoms. The summed E-state index contributed by atoms with van der Waals surface area (Å²) in [5, 5.41) is 6.99. The molecule has 0 spiro atoms. The third-order valence-corrected chi connectivity index (χ3v) is 2.92. The topological polar surface area (TPSA) is 77.6 Å². The van der Waals surface area contributed by atoms with Crippen molar-refractivity contribution < 1.29 is 4.79 Å². The lowest BCUT2D eigenvalue weighted by molar-refractivity contribution is 0.0917. The first-order valence-electron chi connectivity index (χ1n) is 6.11. The Morgan fingerprint density at radius 3 is 2.53 bits per heavy atom. The molecule has 2 rings (SSSR count). The summed E-state index contributed by atoms with van der Waals surface area (Å²) in [4.78, 5) is 20.4. The number of hydrogen-bond acceptors (Lipinski definition) is 4. The number of nitrogens with one attached hydrogen (secondary N) is 1. The largest absolute Gasteiger partial charge is 0.340 e. The Bertz CT molecular complexity index is 570. The number of aryl methyl sites for hydroxylation is 2. The van der Waals surface area contributed by atoms with Crippen molar-refractivity contribution in [2.45, 2.75) is 19.9 Å². The third-order valence-electron chi connectivity index (χ3n) is 2.92. The number of nitrogens with zero attached hydrogens (tertiary/aromatic N) is 5. The Morgan fingerprint density at radius 2 is 2.05 bits per heavy atom. The summed E-state index contributed by atoms with van der Waals surface area (Å²) in [6.45, 7) is 4.05. The van der Waals surface area contributed by atoms with Crippen molar-refractivity contribution in [2.24, 2.45) is 20.0 Å². The van der Waals surface area contributed by atoms with Crippen LogP contribution in [0.25, 0.3) is 0 Å². The van der Waals surface area contributed by atoms with Gasteiger partial charge in [-0.2, -0.15) is 5.10 Å². The highest BCUT2D eigenvalue weighted by molar-refractivity contribution is 5.92. The van der Waals surface area contributed by atoms with Gasteiger partial charge in [-0.3, -0.25) is 9.48 Å². The maximum absolute atomic E-state index is 12.1. The van der Waals surface area contributed by atoms with Gasteiger partial charge < -0.3 is 9.88 Å². The summed E-state index contributed by atoms with van der Waals surface area (Å²) in [6.07, 6.45) is 4.77. The van der Waals surface area contributed by atoms with Crippen LogP contribution in [0.1, 0.15) is 36.2 Å². The molecule has 0 unspecified atom stereocenters. The number of hydrogen-bond donors (Lipinski definition) is 1. The van der Waals surface area contributed by atoms with Gasteiger partial charge in [0.15, 0.2) is 0 Å². The molecule has 1 atom stereocenters. The lowest BCUT2D eigenvalue weighted by atomic mass is 10.0. The second-order valence-electron chi connectivity index (χ2n) is 4.86. The van der Waals surface area contributed by atoms with E-state index in [1.54, 1.807) is 21.8 Å². The Hall–Kier alpha value is -2.18. The number of rotatable bonds is 4. The van der Waals surface area contributed by atoms with Gasteiger partial charge in [-0.05, 0) is 5.92 Å². The molecule has 0 bridgehead atoms. The van der Waals surface area contributed by atoms with Crippen LogP contribution in [0, 0.1) is 5.92 Å². The van der Waals surface area contributed by atoms with Crippen molar-refractivity contribution >= 4 is 5.91 Å². The second kappa shape index (κ2) is 5.21. The molecule has 0 aliphatic heterocycles. The highest BCUT2D eigenvalue weighted by atomic mass is 16.2. The zero-order valence-corrected chi connectivity index (χ0v) is 11.5. The molecule has 0 saturated heterocycles. The van der Waals surface area contributed by atoms with Gasteiger partial charge >= 0.3 is 0 Å². The number of imidazole rings is 1. The average molecular weight is 262 g/mol. The van der Waals surface area contributed by atoms with Crippen LogP contribution >= 0.6 is 0 Å². The summed E-state index contributed by atoms with van der Waals surface area (Å²) in [5.74, 6) is 0.733. The van der Waals surface area contributed by atoms with Gasteiger partial charge in [0.2, 0.25) is 0 Å². The maximum atomic E-state index is 12.1. The fourth-order valence-electron chi connectivity index (χ4n) is 1.86. The van der Waals surface area contributed by atoms with E-state index in [4.69, 9.17) is 0 Å². The van der Waals surface area contributed by atoms with Crippen LogP contribution < -0.4 is 5.32 Å². The number of carbonyl (C=O) groups excluding carboxylic acids is 1. The highest BCUT2D eigenvalue weighted by Crippen LogP contribution is 2.19. The smallest absolute Gasteiger partial charge is 0.272 e. The van der Waals surface area contributed by atoms with E-state index in [1.807, 2.05) is 27.9 Å². The van der Waals surface area contributed by atoms with Crippen molar-refractivity contribution in [3.8, 4) is 0 Å². The van der Waals surface area contributed by atoms with Crippen molar-refractivity contribution in [1.82, 2.24) is 29.6 Å². The Labute approximate surface area is 111 Å². The molecule has 102 valence electrons. The fraction of sp³-hybridized carbons (Fsp3) is 0.500. The van der Waals surface area contributed by atoms with E-state index in [1.165, 1.54) is 6.33 Å². The predicted octanol–water partition coefficient (Wildman–Crippen LogP) is 0.676. The first-order valence-corrected chi connectivity index (χ1v) is 6.11. The number of amides is 1. The molecular weight excluding hydrogens is 244 g/mol. The lowest BCUT2D eigenvalue weighted by Crippen LogP contribution is -2.33. The minimum atomic E-state index is -0.206. The van der Waals surface area contributed by atoms with Crippen molar-refractivity contribution in [3.05, 3.63) is 30.4 Å². The van der Waals surface area contributed by atoms with E-state index in [9.17, 15) is 4.79 Å². The van der Waals surface area contributed by atoms with Gasteiger partial charge in [0, 0.05) is 20.3 Å². The van der Waals surface area contributed by atoms with Crippen LogP contribution in [0.4, 0.5) is 0 Å². The van der Waals surface area contributed by atoms with Crippen LogP contribution in [0.3, 0.4) is 0 Å². The Morgan fingerprint density at radius 1 is 1.32 bits per heavy atom. The molecule has 0 radical (unpaired) electrons. The third kappa shape index (κ3) is 2.81. The summed E-state index contributed by atoms with van der Waals surface area (Å²) in [7, 11) is 3.64. The van der Waals surface area contributed by atoms with Gasteiger partial charge in [0.05, 0.1) is 12.4 Å². The van der Waals surface area contributed by atoms with Gasteiger partial charge in [0.1, 0.15) is 17.8 Å². The predicted molar refractivity (Wildman–Crippen MR) is 69.3 cm³/mol. The molecule has 1 N–H and O–H groups in total. The highest BCUT2D eigenvalue weighted by Gasteiger charge is 2.23. The van der Waals surface area contributed by atoms with Crippen LogP contribution in [-0.4, -0.2) is 30.2 Å². The molecule has 0 fully saturated rings. The van der Waals surface area contributed by atoms with Crippen LogP contribution in [0.5, 0.6) is 0 Å². The molecular formula is C12H18N6O. The molecule has 0 aromatic carbocycles. The van der Waals surface area contributed by atoms with E-state index in [-0.39, 0.29) is 17.9 Å². The molecule has 2 aromatic rings. The van der Waals surface area contributed by atoms with Gasteiger partial charge in [-0.1, -0.05) is 13.8 Å². The molecule has 0 aliphatic carbocycles. The van der Waals surface area contributed by atoms with E-state index in [0.717, 1.165) is 5.82 Å². The summed E-state index contributed by atoms with van der Waals surface area (Å²) < 4.78 is 3.41. The number of aromatic nitrogens is 5. The lowest BCUT2D eigenvalue weighted by Gasteiger charge is -2.20. The summed E-state index contributed by atoms with van der Waals surface area (Å²) >= 11 is 0. The molecule has 1 amide bonds. The van der Waals surface area contributed by atoms with E-state index in [0.29, 0.717) is 5.69 Å². The van der Waals surface area contributed by atoms with Gasteiger partial charge in [0.25, 0.3) is 5.91 Å². The van der Waals surface area contributed by atoms with Gasteiger partial charge in [-0.25, -0.2) is 9.97 Å². The molecule has 2 heterocycles. The average Bonchev–Trinajstić information content (AvgIpc) is 2.94. The first-order chi connectivity index (χ1) is 8.99. The zero-order valence-electron chi connectivity index (χ0n) is 11.5.